The van der Waals surface area contributed by atoms with Crippen molar-refractivity contribution >= 4 is 17.6 Å². The Labute approximate surface area is 175 Å². The first-order valence-corrected chi connectivity index (χ1v) is 10.3. The Balaban J connectivity index is 1.47. The topological polar surface area (TPSA) is 97.6 Å². The number of rotatable bonds is 5. The van der Waals surface area contributed by atoms with E-state index < -0.39 is 10.5 Å². The molecule has 1 aliphatic heterocycles. The molecule has 158 valence electrons. The van der Waals surface area contributed by atoms with Crippen LogP contribution in [0.15, 0.2) is 48.7 Å². The first-order valence-electron chi connectivity index (χ1n) is 10.3. The molecule has 2 aromatic rings. The molecule has 2 fully saturated rings. The van der Waals surface area contributed by atoms with Gasteiger partial charge in [-0.05, 0) is 67.1 Å². The van der Waals surface area contributed by atoms with Gasteiger partial charge in [0, 0.05) is 12.1 Å². The molecule has 1 saturated carbocycles. The molecule has 30 heavy (non-hydrogen) atoms. The maximum absolute atomic E-state index is 12.8. The molecule has 4 rings (SSSR count). The highest BCUT2D eigenvalue weighted by Crippen LogP contribution is 2.44. The van der Waals surface area contributed by atoms with Crippen LogP contribution in [0.2, 0.25) is 0 Å². The van der Waals surface area contributed by atoms with E-state index in [1.165, 1.54) is 6.20 Å². The summed E-state index contributed by atoms with van der Waals surface area (Å²) in [6.45, 7) is 3.91. The average Bonchev–Trinajstić information content (AvgIpc) is 2.97. The van der Waals surface area contributed by atoms with Gasteiger partial charge in [-0.15, -0.1) is 0 Å². The quantitative estimate of drug-likeness (QED) is 0.567. The lowest BCUT2D eigenvalue weighted by Crippen LogP contribution is -2.44. The molecule has 1 N–H and O–H groups in total. The van der Waals surface area contributed by atoms with E-state index in [2.05, 4.69) is 10.3 Å². The standard InChI is InChI=1S/C22H26N4O4/c1-22(2)19(15-7-4-3-5-8-15)25(21(27)30-22)17-12-10-16(11-13-17)24-18-9-6-14-23-20(18)26(28)29/h3-9,14,16-17,19,24H,10-13H2,1-2H3/t16-,17-,19-/m0/s1. The summed E-state index contributed by atoms with van der Waals surface area (Å²) in [5.41, 5.74) is 0.901. The highest BCUT2D eigenvalue weighted by molar-refractivity contribution is 5.72. The van der Waals surface area contributed by atoms with E-state index in [4.69, 9.17) is 4.74 Å². The van der Waals surface area contributed by atoms with E-state index in [1.807, 2.05) is 49.1 Å². The third kappa shape index (κ3) is 3.81. The zero-order valence-electron chi connectivity index (χ0n) is 17.2. The molecular weight excluding hydrogens is 384 g/mol. The van der Waals surface area contributed by atoms with Crippen LogP contribution in [-0.4, -0.2) is 38.6 Å². The lowest BCUT2D eigenvalue weighted by atomic mass is 9.86. The number of nitrogens with zero attached hydrogens (tertiary/aromatic N) is 3. The molecule has 2 heterocycles. The van der Waals surface area contributed by atoms with Crippen LogP contribution in [0.25, 0.3) is 0 Å². The first kappa shape index (κ1) is 20.1. The second-order valence-corrected chi connectivity index (χ2v) is 8.47. The molecule has 1 aliphatic carbocycles. The minimum Gasteiger partial charge on any atom is -0.441 e. The number of hydrogen-bond donors (Lipinski definition) is 1. The molecule has 0 spiro atoms. The summed E-state index contributed by atoms with van der Waals surface area (Å²) in [5, 5.41) is 14.5. The van der Waals surface area contributed by atoms with Gasteiger partial charge in [-0.1, -0.05) is 30.3 Å². The molecule has 8 nitrogen and oxygen atoms in total. The van der Waals surface area contributed by atoms with Crippen molar-refractivity contribution in [1.29, 1.82) is 0 Å². The van der Waals surface area contributed by atoms with E-state index in [9.17, 15) is 14.9 Å². The van der Waals surface area contributed by atoms with Crippen LogP contribution in [0.1, 0.15) is 51.1 Å². The normalized spacial score (nSPS) is 25.6. The molecule has 2 aliphatic rings. The van der Waals surface area contributed by atoms with Crippen LogP contribution in [0.4, 0.5) is 16.3 Å². The van der Waals surface area contributed by atoms with Gasteiger partial charge in [0.05, 0.1) is 6.04 Å². The van der Waals surface area contributed by atoms with Crippen LogP contribution in [0.3, 0.4) is 0 Å². The number of nitrogens with one attached hydrogen (secondary N) is 1. The van der Waals surface area contributed by atoms with Gasteiger partial charge >= 0.3 is 11.9 Å². The van der Waals surface area contributed by atoms with E-state index in [1.54, 1.807) is 12.1 Å². The monoisotopic (exact) mass is 410 g/mol. The van der Waals surface area contributed by atoms with E-state index in [0.29, 0.717) is 5.69 Å². The van der Waals surface area contributed by atoms with Crippen molar-refractivity contribution in [3.63, 3.8) is 0 Å². The third-order valence-corrected chi connectivity index (χ3v) is 6.02. The van der Waals surface area contributed by atoms with Crippen molar-refractivity contribution in [1.82, 2.24) is 9.88 Å². The van der Waals surface area contributed by atoms with Gasteiger partial charge in [-0.3, -0.25) is 4.90 Å². The van der Waals surface area contributed by atoms with Gasteiger partial charge in [0.2, 0.25) is 0 Å². The summed E-state index contributed by atoms with van der Waals surface area (Å²) in [7, 11) is 0. The number of anilines is 1. The maximum Gasteiger partial charge on any atom is 0.411 e. The van der Waals surface area contributed by atoms with Crippen LogP contribution >= 0.6 is 0 Å². The fourth-order valence-corrected chi connectivity index (χ4v) is 4.70. The lowest BCUT2D eigenvalue weighted by molar-refractivity contribution is -0.388. The van der Waals surface area contributed by atoms with Gasteiger partial charge in [0.25, 0.3) is 0 Å². The number of ether oxygens (including phenoxy) is 1. The highest BCUT2D eigenvalue weighted by atomic mass is 16.6. The third-order valence-electron chi connectivity index (χ3n) is 6.02. The second-order valence-electron chi connectivity index (χ2n) is 8.47. The van der Waals surface area contributed by atoms with Crippen molar-refractivity contribution < 1.29 is 14.5 Å². The van der Waals surface area contributed by atoms with Crippen LogP contribution < -0.4 is 5.32 Å². The van der Waals surface area contributed by atoms with E-state index in [0.717, 1.165) is 31.2 Å². The Hall–Kier alpha value is -3.16. The number of benzene rings is 1. The molecule has 1 atom stereocenters. The van der Waals surface area contributed by atoms with Crippen molar-refractivity contribution in [3.8, 4) is 0 Å². The SMILES string of the molecule is CC1(C)OC(=O)N([C@H]2CC[C@H](Nc3cccnc3[N+](=O)[O-])CC2)[C@H]1c1ccccc1. The minimum absolute atomic E-state index is 0.0754. The van der Waals surface area contributed by atoms with Gasteiger partial charge < -0.3 is 20.2 Å². The molecule has 1 saturated heterocycles. The fraction of sp³-hybridized carbons (Fsp3) is 0.455. The van der Waals surface area contributed by atoms with Crippen molar-refractivity contribution in [2.24, 2.45) is 0 Å². The number of carbonyl (C=O) groups excluding carboxylic acids is 1. The smallest absolute Gasteiger partial charge is 0.411 e. The number of pyridine rings is 1. The summed E-state index contributed by atoms with van der Waals surface area (Å²) in [5.74, 6) is -0.159. The number of nitro groups is 1. The molecule has 0 bridgehead atoms. The van der Waals surface area contributed by atoms with Crippen LogP contribution in [0.5, 0.6) is 0 Å². The molecule has 0 radical (unpaired) electrons. The van der Waals surface area contributed by atoms with E-state index in [-0.39, 0.29) is 30.0 Å². The van der Waals surface area contributed by atoms with Crippen LogP contribution in [-0.2, 0) is 4.74 Å². The molecule has 1 amide bonds. The molecular formula is C22H26N4O4. The maximum atomic E-state index is 12.8. The highest BCUT2D eigenvalue weighted by Gasteiger charge is 2.51. The number of carbonyl (C=O) groups is 1. The summed E-state index contributed by atoms with van der Waals surface area (Å²) in [6, 6.07) is 13.4. The number of aromatic nitrogens is 1. The predicted octanol–water partition coefficient (Wildman–Crippen LogP) is 4.69. The second kappa shape index (κ2) is 7.93. The predicted molar refractivity (Wildman–Crippen MR) is 112 cm³/mol. The Morgan fingerprint density at radius 3 is 2.50 bits per heavy atom. The number of hydrogen-bond acceptors (Lipinski definition) is 6. The lowest BCUT2D eigenvalue weighted by Gasteiger charge is -2.38. The summed E-state index contributed by atoms with van der Waals surface area (Å²) < 4.78 is 5.73. The van der Waals surface area contributed by atoms with Crippen LogP contribution in [0, 0.1) is 10.1 Å². The largest absolute Gasteiger partial charge is 0.441 e. The van der Waals surface area contributed by atoms with Gasteiger partial charge in [-0.2, -0.15) is 0 Å². The average molecular weight is 410 g/mol. The summed E-state index contributed by atoms with van der Waals surface area (Å²) in [6.07, 6.45) is 4.38. The summed E-state index contributed by atoms with van der Waals surface area (Å²) >= 11 is 0. The molecule has 1 aromatic carbocycles. The fourth-order valence-electron chi connectivity index (χ4n) is 4.70. The van der Waals surface area contributed by atoms with Gasteiger partial charge in [0.1, 0.15) is 17.5 Å². The van der Waals surface area contributed by atoms with Gasteiger partial charge in [0.15, 0.2) is 0 Å². The van der Waals surface area contributed by atoms with Crippen molar-refractivity contribution in [2.45, 2.75) is 63.3 Å². The van der Waals surface area contributed by atoms with Gasteiger partial charge in [-0.25, -0.2) is 4.79 Å². The first-order chi connectivity index (χ1) is 14.4. The van der Waals surface area contributed by atoms with Crippen molar-refractivity contribution in [2.75, 3.05) is 5.32 Å². The Morgan fingerprint density at radius 1 is 1.13 bits per heavy atom. The van der Waals surface area contributed by atoms with Crippen molar-refractivity contribution in [3.05, 3.63) is 64.3 Å². The summed E-state index contributed by atoms with van der Waals surface area (Å²) in [4.78, 5) is 29.3. The zero-order chi connectivity index (χ0) is 21.3. The van der Waals surface area contributed by atoms with E-state index >= 15 is 0 Å². The number of cyclic esters (lactones) is 1. The molecule has 8 heteroatoms. The zero-order valence-corrected chi connectivity index (χ0v) is 17.2. The molecule has 0 unspecified atom stereocenters. The molecule has 1 aromatic heterocycles. The Bertz CT molecular complexity index is 926. The Morgan fingerprint density at radius 2 is 1.83 bits per heavy atom. The number of amides is 1. The Kier molecular flexibility index (Phi) is 5.32. The minimum atomic E-state index is -0.607.